The lowest BCUT2D eigenvalue weighted by Crippen LogP contribution is -2.45. The number of hydrogen-bond donors (Lipinski definition) is 4. The Morgan fingerprint density at radius 1 is 1.43 bits per heavy atom. The van der Waals surface area contributed by atoms with Gasteiger partial charge in [-0.3, -0.25) is 9.79 Å². The normalized spacial score (nSPS) is 22.7. The van der Waals surface area contributed by atoms with E-state index in [9.17, 15) is 9.90 Å². The van der Waals surface area contributed by atoms with Gasteiger partial charge in [-0.2, -0.15) is 0 Å². The largest absolute Gasteiger partial charge is 0.396 e. The van der Waals surface area contributed by atoms with Crippen molar-refractivity contribution in [1.82, 2.24) is 16.0 Å². The predicted molar refractivity (Wildman–Crippen MR) is 91.4 cm³/mol. The second-order valence-electron chi connectivity index (χ2n) is 6.26. The van der Waals surface area contributed by atoms with Crippen LogP contribution in [0.15, 0.2) is 4.99 Å². The van der Waals surface area contributed by atoms with Crippen molar-refractivity contribution in [3.05, 3.63) is 0 Å². The van der Waals surface area contributed by atoms with Gasteiger partial charge in [0.15, 0.2) is 5.96 Å². The van der Waals surface area contributed by atoms with Gasteiger partial charge in [-0.25, -0.2) is 0 Å². The molecule has 1 amide bonds. The van der Waals surface area contributed by atoms with Crippen LogP contribution in [-0.4, -0.2) is 63.0 Å². The van der Waals surface area contributed by atoms with Crippen LogP contribution in [-0.2, 0) is 9.53 Å². The number of carbonyl (C=O) groups excluding carboxylic acids is 1. The van der Waals surface area contributed by atoms with E-state index in [0.717, 1.165) is 19.4 Å². The molecule has 1 aliphatic heterocycles. The Hall–Kier alpha value is -1.34. The zero-order chi connectivity index (χ0) is 17.1. The van der Waals surface area contributed by atoms with Crippen molar-refractivity contribution in [3.8, 4) is 0 Å². The van der Waals surface area contributed by atoms with Crippen LogP contribution in [0.4, 0.5) is 0 Å². The standard InChI is InChI=1S/C16H32N4O3/c1-4-13(2)20-14(22)5-8-18-15(17-3)19-11-16(6-9-21)7-10-23-12-16/h13,21H,4-12H2,1-3H3,(H,20,22)(H2,17,18,19). The van der Waals surface area contributed by atoms with Crippen molar-refractivity contribution < 1.29 is 14.6 Å². The summed E-state index contributed by atoms with van der Waals surface area (Å²) in [7, 11) is 1.71. The predicted octanol–water partition coefficient (Wildman–Crippen LogP) is 0.245. The Balaban J connectivity index is 2.30. The van der Waals surface area contributed by atoms with Crippen LogP contribution in [0.3, 0.4) is 0 Å². The topological polar surface area (TPSA) is 95.0 Å². The van der Waals surface area contributed by atoms with E-state index < -0.39 is 0 Å². The van der Waals surface area contributed by atoms with Gasteiger partial charge in [-0.05, 0) is 26.2 Å². The second kappa shape index (κ2) is 10.4. The maximum absolute atomic E-state index is 11.7. The van der Waals surface area contributed by atoms with Gasteiger partial charge in [0.05, 0.1) is 6.61 Å². The number of ether oxygens (including phenoxy) is 1. The quantitative estimate of drug-likeness (QED) is 0.359. The average Bonchev–Trinajstić information content (AvgIpc) is 2.99. The van der Waals surface area contributed by atoms with E-state index >= 15 is 0 Å². The summed E-state index contributed by atoms with van der Waals surface area (Å²) in [5, 5.41) is 18.6. The third-order valence-corrected chi connectivity index (χ3v) is 4.35. The highest BCUT2D eigenvalue weighted by atomic mass is 16.5. The Kier molecular flexibility index (Phi) is 8.94. The first-order chi connectivity index (χ1) is 11.0. The number of nitrogens with zero attached hydrogens (tertiary/aromatic N) is 1. The van der Waals surface area contributed by atoms with Crippen molar-refractivity contribution in [2.45, 2.75) is 45.6 Å². The highest BCUT2D eigenvalue weighted by molar-refractivity contribution is 5.81. The van der Waals surface area contributed by atoms with Gasteiger partial charge < -0.3 is 25.8 Å². The molecule has 0 radical (unpaired) electrons. The Labute approximate surface area is 139 Å². The number of carbonyl (C=O) groups is 1. The molecule has 2 unspecified atom stereocenters. The molecule has 1 aliphatic rings. The summed E-state index contributed by atoms with van der Waals surface area (Å²) in [6.07, 6.45) is 3.00. The molecule has 134 valence electrons. The molecular weight excluding hydrogens is 296 g/mol. The van der Waals surface area contributed by atoms with E-state index in [1.807, 2.05) is 13.8 Å². The van der Waals surface area contributed by atoms with Gasteiger partial charge in [-0.1, -0.05) is 6.92 Å². The maximum Gasteiger partial charge on any atom is 0.221 e. The van der Waals surface area contributed by atoms with E-state index in [4.69, 9.17) is 4.74 Å². The number of aliphatic hydroxyl groups is 1. The van der Waals surface area contributed by atoms with Gasteiger partial charge in [0.25, 0.3) is 0 Å². The molecule has 0 aromatic rings. The Morgan fingerprint density at radius 2 is 2.22 bits per heavy atom. The fourth-order valence-electron chi connectivity index (χ4n) is 2.55. The van der Waals surface area contributed by atoms with E-state index in [0.29, 0.717) is 38.5 Å². The SMILES string of the molecule is CCC(C)NC(=O)CCNC(=NC)NCC1(CCO)CCOC1. The summed E-state index contributed by atoms with van der Waals surface area (Å²) in [4.78, 5) is 15.9. The molecule has 0 aromatic heterocycles. The molecule has 1 saturated heterocycles. The lowest BCUT2D eigenvalue weighted by molar-refractivity contribution is -0.121. The summed E-state index contributed by atoms with van der Waals surface area (Å²) in [6.45, 7) is 6.84. The lowest BCUT2D eigenvalue weighted by atomic mass is 9.84. The number of guanidine groups is 1. The van der Waals surface area contributed by atoms with Crippen molar-refractivity contribution >= 4 is 11.9 Å². The molecule has 0 spiro atoms. The molecule has 0 aliphatic carbocycles. The molecule has 7 nitrogen and oxygen atoms in total. The lowest BCUT2D eigenvalue weighted by Gasteiger charge is -2.27. The number of rotatable bonds is 9. The summed E-state index contributed by atoms with van der Waals surface area (Å²) in [6, 6.07) is 0.209. The minimum atomic E-state index is -0.0275. The zero-order valence-electron chi connectivity index (χ0n) is 14.7. The van der Waals surface area contributed by atoms with Crippen LogP contribution in [0.2, 0.25) is 0 Å². The number of aliphatic imine (C=N–C) groups is 1. The van der Waals surface area contributed by atoms with Crippen molar-refractivity contribution in [1.29, 1.82) is 0 Å². The molecule has 0 aromatic carbocycles. The first kappa shape index (κ1) is 19.7. The number of aliphatic hydroxyl groups excluding tert-OH is 1. The highest BCUT2D eigenvalue weighted by Gasteiger charge is 2.34. The first-order valence-electron chi connectivity index (χ1n) is 8.47. The van der Waals surface area contributed by atoms with Crippen LogP contribution >= 0.6 is 0 Å². The van der Waals surface area contributed by atoms with E-state index in [-0.39, 0.29) is 24.0 Å². The molecule has 1 fully saturated rings. The Morgan fingerprint density at radius 3 is 2.78 bits per heavy atom. The molecular formula is C16H32N4O3. The van der Waals surface area contributed by atoms with Crippen molar-refractivity contribution in [2.75, 3.05) is 40.0 Å². The summed E-state index contributed by atoms with van der Waals surface area (Å²) < 4.78 is 5.47. The minimum absolute atomic E-state index is 0.0275. The van der Waals surface area contributed by atoms with Crippen LogP contribution in [0.5, 0.6) is 0 Å². The van der Waals surface area contributed by atoms with Gasteiger partial charge >= 0.3 is 0 Å². The summed E-state index contributed by atoms with van der Waals surface area (Å²) in [5.41, 5.74) is -0.0275. The van der Waals surface area contributed by atoms with Crippen LogP contribution in [0, 0.1) is 5.41 Å². The molecule has 1 rings (SSSR count). The molecule has 0 bridgehead atoms. The highest BCUT2D eigenvalue weighted by Crippen LogP contribution is 2.31. The molecule has 7 heteroatoms. The Bertz CT molecular complexity index is 382. The van der Waals surface area contributed by atoms with Crippen LogP contribution < -0.4 is 16.0 Å². The molecule has 0 saturated carbocycles. The third-order valence-electron chi connectivity index (χ3n) is 4.35. The molecule has 2 atom stereocenters. The van der Waals surface area contributed by atoms with E-state index in [2.05, 4.69) is 20.9 Å². The first-order valence-corrected chi connectivity index (χ1v) is 8.47. The van der Waals surface area contributed by atoms with Gasteiger partial charge in [-0.15, -0.1) is 0 Å². The zero-order valence-corrected chi connectivity index (χ0v) is 14.7. The van der Waals surface area contributed by atoms with Gasteiger partial charge in [0.2, 0.25) is 5.91 Å². The summed E-state index contributed by atoms with van der Waals surface area (Å²) >= 11 is 0. The van der Waals surface area contributed by atoms with Crippen LogP contribution in [0.1, 0.15) is 39.5 Å². The van der Waals surface area contributed by atoms with Crippen molar-refractivity contribution in [2.24, 2.45) is 10.4 Å². The van der Waals surface area contributed by atoms with Crippen LogP contribution in [0.25, 0.3) is 0 Å². The van der Waals surface area contributed by atoms with Crippen molar-refractivity contribution in [3.63, 3.8) is 0 Å². The smallest absolute Gasteiger partial charge is 0.221 e. The molecule has 4 N–H and O–H groups in total. The maximum atomic E-state index is 11.7. The average molecular weight is 328 g/mol. The van der Waals surface area contributed by atoms with Gasteiger partial charge in [0.1, 0.15) is 0 Å². The minimum Gasteiger partial charge on any atom is -0.396 e. The fraction of sp³-hybridized carbons (Fsp3) is 0.875. The van der Waals surface area contributed by atoms with Gasteiger partial charge in [0, 0.05) is 51.2 Å². The monoisotopic (exact) mass is 328 g/mol. The third kappa shape index (κ3) is 7.18. The second-order valence-corrected chi connectivity index (χ2v) is 6.26. The number of nitrogens with one attached hydrogen (secondary N) is 3. The van der Waals surface area contributed by atoms with E-state index in [1.165, 1.54) is 0 Å². The van der Waals surface area contributed by atoms with E-state index in [1.54, 1.807) is 7.05 Å². The number of hydrogen-bond acceptors (Lipinski definition) is 4. The molecule has 23 heavy (non-hydrogen) atoms. The summed E-state index contributed by atoms with van der Waals surface area (Å²) in [5.74, 6) is 0.716. The number of amides is 1. The fourth-order valence-corrected chi connectivity index (χ4v) is 2.55. The molecule has 1 heterocycles.